The molecular formula is C9H13BrN2. The number of halogens is 1. The number of rotatable bonds is 3. The minimum Gasteiger partial charge on any atom is -0.261 e. The fourth-order valence-corrected chi connectivity index (χ4v) is 1.36. The summed E-state index contributed by atoms with van der Waals surface area (Å²) >= 11 is 3.61. The van der Waals surface area contributed by atoms with Gasteiger partial charge in [-0.2, -0.15) is 0 Å². The number of alkyl halides is 1. The van der Waals surface area contributed by atoms with Crippen LogP contribution in [-0.4, -0.2) is 14.8 Å². The maximum absolute atomic E-state index is 4.26. The first-order chi connectivity index (χ1) is 5.75. The lowest BCUT2D eigenvalue weighted by Gasteiger charge is -2.14. The van der Waals surface area contributed by atoms with Crippen LogP contribution in [0.5, 0.6) is 0 Å². The Kier molecular flexibility index (Phi) is 3.66. The van der Waals surface area contributed by atoms with Crippen LogP contribution in [0.15, 0.2) is 18.6 Å². The molecule has 1 aromatic rings. The normalized spacial score (nSPS) is 15.6. The van der Waals surface area contributed by atoms with Crippen LogP contribution in [0.25, 0.3) is 0 Å². The van der Waals surface area contributed by atoms with Gasteiger partial charge in [-0.1, -0.05) is 29.8 Å². The highest BCUT2D eigenvalue weighted by Gasteiger charge is 2.14. The third-order valence-electron chi connectivity index (χ3n) is 1.98. The molecule has 66 valence electrons. The van der Waals surface area contributed by atoms with E-state index >= 15 is 0 Å². The van der Waals surface area contributed by atoms with Crippen molar-refractivity contribution >= 4 is 15.9 Å². The minimum absolute atomic E-state index is 0.434. The third kappa shape index (κ3) is 2.27. The number of aromatic nitrogens is 2. The summed E-state index contributed by atoms with van der Waals surface area (Å²) in [5.74, 6) is 0.434. The molecule has 2 nitrogen and oxygen atoms in total. The largest absolute Gasteiger partial charge is 0.261 e. The molecule has 0 bridgehead atoms. The standard InChI is InChI=1S/C9H13BrN2/c1-3-8(10)7(2)9-6-11-4-5-12-9/h4-8H,3H2,1-2H3. The number of hydrogen-bond acceptors (Lipinski definition) is 2. The minimum atomic E-state index is 0.434. The molecule has 0 amide bonds. The quantitative estimate of drug-likeness (QED) is 0.744. The van der Waals surface area contributed by atoms with Crippen LogP contribution in [0.1, 0.15) is 31.9 Å². The van der Waals surface area contributed by atoms with Gasteiger partial charge in [-0.15, -0.1) is 0 Å². The molecule has 0 radical (unpaired) electrons. The lowest BCUT2D eigenvalue weighted by atomic mass is 10.0. The zero-order valence-electron chi connectivity index (χ0n) is 7.37. The maximum atomic E-state index is 4.26. The summed E-state index contributed by atoms with van der Waals surface area (Å²) in [7, 11) is 0. The summed E-state index contributed by atoms with van der Waals surface area (Å²) in [4.78, 5) is 8.79. The number of nitrogens with zero attached hydrogens (tertiary/aromatic N) is 2. The summed E-state index contributed by atoms with van der Waals surface area (Å²) in [5.41, 5.74) is 1.06. The Morgan fingerprint density at radius 2 is 2.25 bits per heavy atom. The van der Waals surface area contributed by atoms with Gasteiger partial charge in [0.05, 0.1) is 5.69 Å². The highest BCUT2D eigenvalue weighted by atomic mass is 79.9. The second kappa shape index (κ2) is 4.55. The molecule has 1 heterocycles. The van der Waals surface area contributed by atoms with Crippen molar-refractivity contribution in [2.75, 3.05) is 0 Å². The Balaban J connectivity index is 2.71. The van der Waals surface area contributed by atoms with Crippen molar-refractivity contribution in [1.82, 2.24) is 9.97 Å². The molecule has 1 aromatic heterocycles. The van der Waals surface area contributed by atoms with E-state index in [0.717, 1.165) is 12.1 Å². The molecule has 0 aliphatic heterocycles. The average molecular weight is 229 g/mol. The van der Waals surface area contributed by atoms with Crippen LogP contribution >= 0.6 is 15.9 Å². The summed E-state index contributed by atoms with van der Waals surface area (Å²) in [5, 5.41) is 0. The van der Waals surface area contributed by atoms with E-state index in [1.54, 1.807) is 12.4 Å². The molecule has 2 atom stereocenters. The van der Waals surface area contributed by atoms with Gasteiger partial charge < -0.3 is 0 Å². The van der Waals surface area contributed by atoms with Gasteiger partial charge >= 0.3 is 0 Å². The van der Waals surface area contributed by atoms with Gasteiger partial charge in [0.2, 0.25) is 0 Å². The van der Waals surface area contributed by atoms with E-state index in [1.165, 1.54) is 0 Å². The number of hydrogen-bond donors (Lipinski definition) is 0. The fourth-order valence-electron chi connectivity index (χ4n) is 1.08. The Labute approximate surface area is 81.6 Å². The van der Waals surface area contributed by atoms with Gasteiger partial charge in [-0.25, -0.2) is 0 Å². The lowest BCUT2D eigenvalue weighted by molar-refractivity contribution is 0.671. The molecule has 0 spiro atoms. The van der Waals surface area contributed by atoms with Crippen LogP contribution in [-0.2, 0) is 0 Å². The van der Waals surface area contributed by atoms with Gasteiger partial charge in [0, 0.05) is 29.3 Å². The lowest BCUT2D eigenvalue weighted by Crippen LogP contribution is -2.09. The van der Waals surface area contributed by atoms with E-state index in [4.69, 9.17) is 0 Å². The fraction of sp³-hybridized carbons (Fsp3) is 0.556. The Hall–Kier alpha value is -0.440. The first-order valence-corrected chi connectivity index (χ1v) is 5.07. The summed E-state index contributed by atoms with van der Waals surface area (Å²) in [6.07, 6.45) is 6.37. The molecule has 0 aliphatic rings. The summed E-state index contributed by atoms with van der Waals surface area (Å²) < 4.78 is 0. The second-order valence-electron chi connectivity index (χ2n) is 2.84. The van der Waals surface area contributed by atoms with Crippen LogP contribution in [0.3, 0.4) is 0 Å². The van der Waals surface area contributed by atoms with Gasteiger partial charge in [0.1, 0.15) is 0 Å². The van der Waals surface area contributed by atoms with Crippen molar-refractivity contribution in [3.8, 4) is 0 Å². The SMILES string of the molecule is CCC(Br)C(C)c1cnccn1. The van der Waals surface area contributed by atoms with Crippen LogP contribution in [0, 0.1) is 0 Å². The van der Waals surface area contributed by atoms with Gasteiger partial charge in [0.15, 0.2) is 0 Å². The first-order valence-electron chi connectivity index (χ1n) is 4.15. The molecule has 0 saturated carbocycles. The van der Waals surface area contributed by atoms with Crippen LogP contribution in [0.4, 0.5) is 0 Å². The smallest absolute Gasteiger partial charge is 0.0625 e. The molecule has 0 fully saturated rings. The van der Waals surface area contributed by atoms with E-state index in [1.807, 2.05) is 6.20 Å². The highest BCUT2D eigenvalue weighted by Crippen LogP contribution is 2.24. The molecule has 0 aromatic carbocycles. The molecule has 12 heavy (non-hydrogen) atoms. The Bertz CT molecular complexity index is 225. The van der Waals surface area contributed by atoms with Crippen molar-refractivity contribution in [3.05, 3.63) is 24.3 Å². The van der Waals surface area contributed by atoms with E-state index < -0.39 is 0 Å². The average Bonchev–Trinajstić information content (AvgIpc) is 2.17. The Morgan fingerprint density at radius 1 is 1.50 bits per heavy atom. The molecule has 0 aliphatic carbocycles. The Morgan fingerprint density at radius 3 is 2.75 bits per heavy atom. The zero-order chi connectivity index (χ0) is 8.97. The molecule has 3 heteroatoms. The topological polar surface area (TPSA) is 25.8 Å². The maximum Gasteiger partial charge on any atom is 0.0625 e. The first kappa shape index (κ1) is 9.65. The van der Waals surface area contributed by atoms with Gasteiger partial charge in [0.25, 0.3) is 0 Å². The third-order valence-corrected chi connectivity index (χ3v) is 3.42. The second-order valence-corrected chi connectivity index (χ2v) is 4.02. The van der Waals surface area contributed by atoms with E-state index in [9.17, 15) is 0 Å². The summed E-state index contributed by atoms with van der Waals surface area (Å²) in [6, 6.07) is 0. The predicted octanol–water partition coefficient (Wildman–Crippen LogP) is 2.75. The van der Waals surface area contributed by atoms with Gasteiger partial charge in [-0.3, -0.25) is 9.97 Å². The molecule has 0 saturated heterocycles. The predicted molar refractivity (Wildman–Crippen MR) is 53.5 cm³/mol. The van der Waals surface area contributed by atoms with E-state index in [-0.39, 0.29) is 0 Å². The van der Waals surface area contributed by atoms with Crippen molar-refractivity contribution in [2.24, 2.45) is 0 Å². The van der Waals surface area contributed by atoms with Crippen molar-refractivity contribution < 1.29 is 0 Å². The van der Waals surface area contributed by atoms with Crippen molar-refractivity contribution in [2.45, 2.75) is 31.0 Å². The molecule has 2 unspecified atom stereocenters. The van der Waals surface area contributed by atoms with E-state index in [0.29, 0.717) is 10.7 Å². The van der Waals surface area contributed by atoms with Crippen molar-refractivity contribution in [3.63, 3.8) is 0 Å². The summed E-state index contributed by atoms with van der Waals surface area (Å²) in [6.45, 7) is 4.32. The van der Waals surface area contributed by atoms with Crippen molar-refractivity contribution in [1.29, 1.82) is 0 Å². The van der Waals surface area contributed by atoms with E-state index in [2.05, 4.69) is 39.7 Å². The highest BCUT2D eigenvalue weighted by molar-refractivity contribution is 9.09. The van der Waals surface area contributed by atoms with Crippen LogP contribution < -0.4 is 0 Å². The monoisotopic (exact) mass is 228 g/mol. The molecular weight excluding hydrogens is 216 g/mol. The van der Waals surface area contributed by atoms with Gasteiger partial charge in [-0.05, 0) is 6.42 Å². The molecule has 1 rings (SSSR count). The zero-order valence-corrected chi connectivity index (χ0v) is 8.95. The van der Waals surface area contributed by atoms with Crippen LogP contribution in [0.2, 0.25) is 0 Å². The molecule has 0 N–H and O–H groups in total.